The molecule has 134 valence electrons. The fraction of sp³-hybridized carbons (Fsp3) is 0.100. The summed E-state index contributed by atoms with van der Waals surface area (Å²) in [5, 5.41) is 15.6. The Morgan fingerprint density at radius 2 is 1.81 bits per heavy atom. The van der Waals surface area contributed by atoms with Gasteiger partial charge in [-0.25, -0.2) is 4.98 Å². The van der Waals surface area contributed by atoms with Gasteiger partial charge in [0, 0.05) is 22.7 Å². The minimum atomic E-state index is 0.689. The molecular weight excluding hydrogens is 356 g/mol. The van der Waals surface area contributed by atoms with Crippen molar-refractivity contribution in [3.05, 3.63) is 72.1 Å². The monoisotopic (exact) mass is 374 g/mol. The highest BCUT2D eigenvalue weighted by Crippen LogP contribution is 2.32. The molecule has 2 N–H and O–H groups in total. The molecular formula is C20H18N6S. The van der Waals surface area contributed by atoms with Crippen LogP contribution in [0.2, 0.25) is 0 Å². The number of fused-ring (bicyclic) bond motifs is 1. The van der Waals surface area contributed by atoms with Crippen molar-refractivity contribution in [3.63, 3.8) is 0 Å². The number of nitrogens with one attached hydrogen (secondary N) is 2. The molecule has 0 amide bonds. The highest BCUT2D eigenvalue weighted by Gasteiger charge is 2.08. The largest absolute Gasteiger partial charge is 0.360 e. The van der Waals surface area contributed by atoms with Gasteiger partial charge in [0.25, 0.3) is 0 Å². The fourth-order valence-corrected chi connectivity index (χ4v) is 3.42. The van der Waals surface area contributed by atoms with E-state index in [1.807, 2.05) is 68.6 Å². The van der Waals surface area contributed by atoms with Crippen LogP contribution in [0, 0.1) is 6.92 Å². The number of H-pyrrole nitrogens is 1. The number of thiazole rings is 1. The first kappa shape index (κ1) is 17.1. The zero-order valence-corrected chi connectivity index (χ0v) is 15.8. The summed E-state index contributed by atoms with van der Waals surface area (Å²) in [5.41, 5.74) is 7.71. The predicted molar refractivity (Wildman–Crippen MR) is 112 cm³/mol. The lowest BCUT2D eigenvalue weighted by Crippen LogP contribution is -1.98. The van der Waals surface area contributed by atoms with Crippen LogP contribution >= 0.6 is 11.3 Å². The van der Waals surface area contributed by atoms with Crippen LogP contribution in [-0.4, -0.2) is 15.7 Å². The average Bonchev–Trinajstić information content (AvgIpc) is 3.29. The lowest BCUT2D eigenvalue weighted by atomic mass is 10.1. The van der Waals surface area contributed by atoms with Crippen LogP contribution in [0.3, 0.4) is 0 Å². The highest BCUT2D eigenvalue weighted by atomic mass is 32.1. The van der Waals surface area contributed by atoms with E-state index < -0.39 is 0 Å². The fourth-order valence-electron chi connectivity index (χ4n) is 2.69. The molecule has 0 aliphatic rings. The van der Waals surface area contributed by atoms with Crippen molar-refractivity contribution in [1.82, 2.24) is 9.97 Å². The standard InChI is InChI=1S/C20H18N6S/c1-13(17-12-21-18-11-7-6-10-16(17)18)23-26-20-22-14(2)19(27-20)25-24-15-8-4-3-5-9-15/h3-12,21H,1-2H3,(H,22,26)/b23-13+,25-24?. The van der Waals surface area contributed by atoms with Gasteiger partial charge in [-0.05, 0) is 32.0 Å². The number of benzene rings is 2. The molecule has 0 fully saturated rings. The van der Waals surface area contributed by atoms with Crippen molar-refractivity contribution < 1.29 is 0 Å². The van der Waals surface area contributed by atoms with Gasteiger partial charge in [-0.15, -0.1) is 10.2 Å². The van der Waals surface area contributed by atoms with Crippen molar-refractivity contribution >= 4 is 43.8 Å². The van der Waals surface area contributed by atoms with Crippen LogP contribution in [0.25, 0.3) is 10.9 Å². The Bertz CT molecular complexity index is 1120. The Labute approximate surface area is 160 Å². The first-order chi connectivity index (χ1) is 13.2. The van der Waals surface area contributed by atoms with Crippen molar-refractivity contribution in [2.45, 2.75) is 13.8 Å². The minimum Gasteiger partial charge on any atom is -0.360 e. The van der Waals surface area contributed by atoms with E-state index >= 15 is 0 Å². The minimum absolute atomic E-state index is 0.689. The molecule has 0 atom stereocenters. The molecule has 0 bridgehead atoms. The normalized spacial score (nSPS) is 12.1. The van der Waals surface area contributed by atoms with E-state index in [1.165, 1.54) is 11.3 Å². The zero-order chi connectivity index (χ0) is 18.6. The molecule has 2 aromatic carbocycles. The van der Waals surface area contributed by atoms with Crippen molar-refractivity contribution in [3.8, 4) is 0 Å². The molecule has 7 heteroatoms. The Balaban J connectivity index is 1.51. The van der Waals surface area contributed by atoms with Gasteiger partial charge in [0.05, 0.1) is 17.1 Å². The number of aryl methyl sites for hydroxylation is 1. The van der Waals surface area contributed by atoms with Gasteiger partial charge in [0.1, 0.15) is 0 Å². The van der Waals surface area contributed by atoms with Crippen LogP contribution in [-0.2, 0) is 0 Å². The third kappa shape index (κ3) is 3.78. The molecule has 2 heterocycles. The lowest BCUT2D eigenvalue weighted by Gasteiger charge is -1.99. The van der Waals surface area contributed by atoms with Crippen LogP contribution < -0.4 is 5.43 Å². The summed E-state index contributed by atoms with van der Waals surface area (Å²) in [6.45, 7) is 3.89. The Hall–Kier alpha value is -3.32. The second-order valence-electron chi connectivity index (χ2n) is 6.00. The molecule has 0 saturated carbocycles. The Kier molecular flexibility index (Phi) is 4.76. The maximum Gasteiger partial charge on any atom is 0.205 e. The third-order valence-electron chi connectivity index (χ3n) is 4.08. The smallest absolute Gasteiger partial charge is 0.205 e. The zero-order valence-electron chi connectivity index (χ0n) is 15.0. The summed E-state index contributed by atoms with van der Waals surface area (Å²) in [7, 11) is 0. The first-order valence-electron chi connectivity index (χ1n) is 8.52. The highest BCUT2D eigenvalue weighted by molar-refractivity contribution is 7.19. The second-order valence-corrected chi connectivity index (χ2v) is 6.98. The maximum absolute atomic E-state index is 4.48. The summed E-state index contributed by atoms with van der Waals surface area (Å²) >= 11 is 1.42. The molecule has 0 radical (unpaired) electrons. The Morgan fingerprint density at radius 1 is 1.04 bits per heavy atom. The molecule has 4 rings (SSSR count). The van der Waals surface area contributed by atoms with Crippen LogP contribution in [0.5, 0.6) is 0 Å². The van der Waals surface area contributed by atoms with E-state index in [-0.39, 0.29) is 0 Å². The van der Waals surface area contributed by atoms with E-state index in [0.717, 1.165) is 38.6 Å². The van der Waals surface area contributed by atoms with Gasteiger partial charge >= 0.3 is 0 Å². The molecule has 0 spiro atoms. The molecule has 0 saturated heterocycles. The van der Waals surface area contributed by atoms with Crippen LogP contribution in [0.1, 0.15) is 18.2 Å². The molecule has 0 unspecified atom stereocenters. The number of aromatic amines is 1. The number of hydrogen-bond donors (Lipinski definition) is 2. The number of hydrogen-bond acceptors (Lipinski definition) is 6. The van der Waals surface area contributed by atoms with Crippen molar-refractivity contribution in [2.75, 3.05) is 5.43 Å². The summed E-state index contributed by atoms with van der Waals surface area (Å²) in [6, 6.07) is 17.8. The molecule has 0 aliphatic carbocycles. The molecule has 0 aliphatic heterocycles. The molecule has 27 heavy (non-hydrogen) atoms. The maximum atomic E-state index is 4.48. The quantitative estimate of drug-likeness (QED) is 0.248. The number of anilines is 1. The van der Waals surface area contributed by atoms with E-state index in [1.54, 1.807) is 0 Å². The lowest BCUT2D eigenvalue weighted by molar-refractivity contribution is 1.18. The predicted octanol–water partition coefficient (Wildman–Crippen LogP) is 6.18. The van der Waals surface area contributed by atoms with Crippen molar-refractivity contribution in [2.24, 2.45) is 15.3 Å². The summed E-state index contributed by atoms with van der Waals surface area (Å²) < 4.78 is 0. The van der Waals surface area contributed by atoms with Gasteiger partial charge in [-0.3, -0.25) is 5.43 Å². The van der Waals surface area contributed by atoms with Crippen LogP contribution in [0.4, 0.5) is 15.8 Å². The molecule has 4 aromatic rings. The van der Waals surface area contributed by atoms with Crippen molar-refractivity contribution in [1.29, 1.82) is 0 Å². The van der Waals surface area contributed by atoms with E-state index in [4.69, 9.17) is 0 Å². The second kappa shape index (κ2) is 7.51. The molecule has 2 aromatic heterocycles. The van der Waals surface area contributed by atoms with Gasteiger partial charge in [-0.1, -0.05) is 47.7 Å². The number of para-hydroxylation sites is 1. The van der Waals surface area contributed by atoms with Crippen LogP contribution in [0.15, 0.2) is 76.1 Å². The number of aromatic nitrogens is 2. The summed E-state index contributed by atoms with van der Waals surface area (Å²) in [4.78, 5) is 7.74. The first-order valence-corrected chi connectivity index (χ1v) is 9.33. The number of azo groups is 1. The molecule has 6 nitrogen and oxygen atoms in total. The van der Waals surface area contributed by atoms with E-state index in [9.17, 15) is 0 Å². The SMILES string of the molecule is C/C(=N\Nc1nc(C)c(N=Nc2ccccc2)s1)c1c[nH]c2ccccc12. The summed E-state index contributed by atoms with van der Waals surface area (Å²) in [5.74, 6) is 0. The average molecular weight is 374 g/mol. The van der Waals surface area contributed by atoms with Gasteiger partial charge < -0.3 is 4.98 Å². The van der Waals surface area contributed by atoms with Gasteiger partial charge in [-0.2, -0.15) is 5.10 Å². The van der Waals surface area contributed by atoms with E-state index in [2.05, 4.69) is 36.8 Å². The van der Waals surface area contributed by atoms with E-state index in [0.29, 0.717) is 5.13 Å². The third-order valence-corrected chi connectivity index (χ3v) is 5.03. The number of rotatable bonds is 5. The van der Waals surface area contributed by atoms with Gasteiger partial charge in [0.2, 0.25) is 5.13 Å². The number of nitrogens with zero attached hydrogens (tertiary/aromatic N) is 4. The topological polar surface area (TPSA) is 77.8 Å². The van der Waals surface area contributed by atoms with Gasteiger partial charge in [0.15, 0.2) is 5.00 Å². The number of hydrazone groups is 1. The Morgan fingerprint density at radius 3 is 2.67 bits per heavy atom. The summed E-state index contributed by atoms with van der Waals surface area (Å²) in [6.07, 6.45) is 1.97.